The van der Waals surface area contributed by atoms with Crippen molar-refractivity contribution in [2.75, 3.05) is 33.3 Å². The highest BCUT2D eigenvalue weighted by Gasteiger charge is 2.24. The number of rotatable bonds is 4. The average molecular weight is 268 g/mol. The molecule has 1 aliphatic rings. The first-order valence-electron chi connectivity index (χ1n) is 6.27. The van der Waals surface area contributed by atoms with Gasteiger partial charge in [0.1, 0.15) is 6.10 Å². The number of ether oxygens (including phenoxy) is 1. The SMILES string of the molecule is COC(C)C(=O)N1CCN(Cc2cccs2)CC1. The van der Waals surface area contributed by atoms with Crippen LogP contribution < -0.4 is 0 Å². The minimum atomic E-state index is -0.325. The van der Waals surface area contributed by atoms with Gasteiger partial charge in [-0.2, -0.15) is 0 Å². The molecular formula is C13H20N2O2S. The predicted octanol–water partition coefficient (Wildman–Crippen LogP) is 1.43. The van der Waals surface area contributed by atoms with Gasteiger partial charge in [-0.15, -0.1) is 11.3 Å². The zero-order valence-electron chi connectivity index (χ0n) is 11.0. The molecule has 1 amide bonds. The van der Waals surface area contributed by atoms with Gasteiger partial charge in [0.05, 0.1) is 0 Å². The molecule has 1 fully saturated rings. The Morgan fingerprint density at radius 1 is 1.44 bits per heavy atom. The van der Waals surface area contributed by atoms with Gasteiger partial charge in [0.25, 0.3) is 5.91 Å². The third-order valence-corrected chi connectivity index (χ3v) is 4.21. The van der Waals surface area contributed by atoms with E-state index in [2.05, 4.69) is 22.4 Å². The first-order chi connectivity index (χ1) is 8.70. The molecule has 2 heterocycles. The standard InChI is InChI=1S/C13H20N2O2S/c1-11(17-2)13(16)15-7-5-14(6-8-15)10-12-4-3-9-18-12/h3-4,9,11H,5-8,10H2,1-2H3. The smallest absolute Gasteiger partial charge is 0.251 e. The molecule has 0 aliphatic carbocycles. The number of carbonyl (C=O) groups is 1. The molecule has 1 aliphatic heterocycles. The van der Waals surface area contributed by atoms with Crippen molar-refractivity contribution >= 4 is 17.2 Å². The molecule has 5 heteroatoms. The zero-order chi connectivity index (χ0) is 13.0. The summed E-state index contributed by atoms with van der Waals surface area (Å²) >= 11 is 1.79. The van der Waals surface area contributed by atoms with Crippen LogP contribution in [-0.2, 0) is 16.1 Å². The second-order valence-corrected chi connectivity index (χ2v) is 5.59. The number of methoxy groups -OCH3 is 1. The van der Waals surface area contributed by atoms with E-state index in [1.54, 1.807) is 25.4 Å². The van der Waals surface area contributed by atoms with Crippen molar-refractivity contribution in [1.29, 1.82) is 0 Å². The van der Waals surface area contributed by atoms with Gasteiger partial charge in [-0.05, 0) is 18.4 Å². The third kappa shape index (κ3) is 3.31. The van der Waals surface area contributed by atoms with E-state index in [0.717, 1.165) is 32.7 Å². The summed E-state index contributed by atoms with van der Waals surface area (Å²) in [6, 6.07) is 4.25. The van der Waals surface area contributed by atoms with Crippen LogP contribution in [0, 0.1) is 0 Å². The molecule has 1 aromatic rings. The minimum Gasteiger partial charge on any atom is -0.372 e. The van der Waals surface area contributed by atoms with E-state index in [-0.39, 0.29) is 12.0 Å². The number of hydrogen-bond acceptors (Lipinski definition) is 4. The number of hydrogen-bond donors (Lipinski definition) is 0. The predicted molar refractivity (Wildman–Crippen MR) is 72.6 cm³/mol. The summed E-state index contributed by atoms with van der Waals surface area (Å²) in [7, 11) is 1.58. The van der Waals surface area contributed by atoms with E-state index in [1.807, 2.05) is 4.90 Å². The van der Waals surface area contributed by atoms with Crippen molar-refractivity contribution in [2.45, 2.75) is 19.6 Å². The lowest BCUT2D eigenvalue weighted by Crippen LogP contribution is -2.50. The normalized spacial score (nSPS) is 18.9. The van der Waals surface area contributed by atoms with E-state index >= 15 is 0 Å². The van der Waals surface area contributed by atoms with E-state index in [1.165, 1.54) is 4.88 Å². The highest BCUT2D eigenvalue weighted by atomic mass is 32.1. The number of amides is 1. The molecule has 0 radical (unpaired) electrons. The monoisotopic (exact) mass is 268 g/mol. The molecule has 1 atom stereocenters. The topological polar surface area (TPSA) is 32.8 Å². The Balaban J connectivity index is 1.79. The summed E-state index contributed by atoms with van der Waals surface area (Å²) in [6.07, 6.45) is -0.325. The van der Waals surface area contributed by atoms with Gasteiger partial charge in [0.15, 0.2) is 0 Å². The Bertz CT molecular complexity index is 372. The second-order valence-electron chi connectivity index (χ2n) is 4.56. The van der Waals surface area contributed by atoms with Crippen LogP contribution in [0.2, 0.25) is 0 Å². The second kappa shape index (κ2) is 6.31. The summed E-state index contributed by atoms with van der Waals surface area (Å²) < 4.78 is 5.07. The van der Waals surface area contributed by atoms with Gasteiger partial charge in [-0.25, -0.2) is 0 Å². The highest BCUT2D eigenvalue weighted by molar-refractivity contribution is 7.09. The fourth-order valence-corrected chi connectivity index (χ4v) is 2.85. The van der Waals surface area contributed by atoms with E-state index < -0.39 is 0 Å². The van der Waals surface area contributed by atoms with E-state index in [9.17, 15) is 4.79 Å². The average Bonchev–Trinajstić information content (AvgIpc) is 2.91. The molecule has 1 saturated heterocycles. The van der Waals surface area contributed by atoms with E-state index in [0.29, 0.717) is 0 Å². The number of thiophene rings is 1. The molecule has 0 spiro atoms. The first-order valence-corrected chi connectivity index (χ1v) is 7.15. The summed E-state index contributed by atoms with van der Waals surface area (Å²) in [5.41, 5.74) is 0. The Hall–Kier alpha value is -0.910. The Morgan fingerprint density at radius 2 is 2.17 bits per heavy atom. The van der Waals surface area contributed by atoms with Crippen molar-refractivity contribution in [3.05, 3.63) is 22.4 Å². The number of nitrogens with zero attached hydrogens (tertiary/aromatic N) is 2. The highest BCUT2D eigenvalue weighted by Crippen LogP contribution is 2.14. The maximum atomic E-state index is 11.9. The molecular weight excluding hydrogens is 248 g/mol. The lowest BCUT2D eigenvalue weighted by molar-refractivity contribution is -0.142. The lowest BCUT2D eigenvalue weighted by Gasteiger charge is -2.35. The van der Waals surface area contributed by atoms with Crippen LogP contribution >= 0.6 is 11.3 Å². The zero-order valence-corrected chi connectivity index (χ0v) is 11.8. The molecule has 4 nitrogen and oxygen atoms in total. The van der Waals surface area contributed by atoms with Gasteiger partial charge in [-0.3, -0.25) is 9.69 Å². The molecule has 0 N–H and O–H groups in total. The summed E-state index contributed by atoms with van der Waals surface area (Å²) in [5.74, 6) is 0.105. The minimum absolute atomic E-state index is 0.105. The fourth-order valence-electron chi connectivity index (χ4n) is 2.11. The lowest BCUT2D eigenvalue weighted by atomic mass is 10.2. The molecule has 1 aromatic heterocycles. The van der Waals surface area contributed by atoms with E-state index in [4.69, 9.17) is 4.74 Å². The van der Waals surface area contributed by atoms with Crippen molar-refractivity contribution in [3.8, 4) is 0 Å². The number of carbonyl (C=O) groups excluding carboxylic acids is 1. The molecule has 0 aromatic carbocycles. The van der Waals surface area contributed by atoms with Gasteiger partial charge < -0.3 is 9.64 Å². The van der Waals surface area contributed by atoms with Crippen molar-refractivity contribution < 1.29 is 9.53 Å². The Morgan fingerprint density at radius 3 is 2.72 bits per heavy atom. The van der Waals surface area contributed by atoms with Gasteiger partial charge in [0.2, 0.25) is 0 Å². The summed E-state index contributed by atoms with van der Waals surface area (Å²) in [4.78, 5) is 17.6. The Labute approximate surface area is 112 Å². The summed E-state index contributed by atoms with van der Waals surface area (Å²) in [5, 5.41) is 2.11. The maximum absolute atomic E-state index is 11.9. The van der Waals surface area contributed by atoms with Crippen molar-refractivity contribution in [2.24, 2.45) is 0 Å². The third-order valence-electron chi connectivity index (χ3n) is 3.34. The van der Waals surface area contributed by atoms with Crippen LogP contribution in [0.5, 0.6) is 0 Å². The maximum Gasteiger partial charge on any atom is 0.251 e. The number of piperazine rings is 1. The van der Waals surface area contributed by atoms with Crippen molar-refractivity contribution in [1.82, 2.24) is 9.80 Å². The van der Waals surface area contributed by atoms with Crippen LogP contribution in [0.15, 0.2) is 17.5 Å². The van der Waals surface area contributed by atoms with Crippen LogP contribution in [0.1, 0.15) is 11.8 Å². The Kier molecular flexibility index (Phi) is 4.74. The van der Waals surface area contributed by atoms with Crippen molar-refractivity contribution in [3.63, 3.8) is 0 Å². The fraction of sp³-hybridized carbons (Fsp3) is 0.615. The largest absolute Gasteiger partial charge is 0.372 e. The molecule has 0 saturated carbocycles. The first kappa shape index (κ1) is 13.5. The molecule has 1 unspecified atom stereocenters. The van der Waals surface area contributed by atoms with Gasteiger partial charge in [-0.1, -0.05) is 6.07 Å². The quantitative estimate of drug-likeness (QED) is 0.828. The molecule has 0 bridgehead atoms. The molecule has 100 valence electrons. The molecule has 2 rings (SSSR count). The summed E-state index contributed by atoms with van der Waals surface area (Å²) in [6.45, 7) is 6.30. The van der Waals surface area contributed by atoms with Crippen LogP contribution in [0.4, 0.5) is 0 Å². The van der Waals surface area contributed by atoms with Crippen LogP contribution in [0.3, 0.4) is 0 Å². The van der Waals surface area contributed by atoms with Gasteiger partial charge >= 0.3 is 0 Å². The van der Waals surface area contributed by atoms with Gasteiger partial charge in [0, 0.05) is 44.7 Å². The molecule has 18 heavy (non-hydrogen) atoms. The van der Waals surface area contributed by atoms with Crippen LogP contribution in [-0.4, -0.2) is 55.1 Å². The van der Waals surface area contributed by atoms with Crippen LogP contribution in [0.25, 0.3) is 0 Å².